The lowest BCUT2D eigenvalue weighted by Gasteiger charge is -2.33. The van der Waals surface area contributed by atoms with Gasteiger partial charge in [0.05, 0.1) is 12.6 Å². The van der Waals surface area contributed by atoms with Crippen molar-refractivity contribution < 1.29 is 8.94 Å². The summed E-state index contributed by atoms with van der Waals surface area (Å²) >= 11 is 0. The Hall–Kier alpha value is -2.54. The van der Waals surface area contributed by atoms with Crippen LogP contribution in [0.5, 0.6) is 0 Å². The summed E-state index contributed by atoms with van der Waals surface area (Å²) in [7, 11) is 0. The number of aromatic nitrogens is 4. The zero-order valence-electron chi connectivity index (χ0n) is 14.1. The van der Waals surface area contributed by atoms with Crippen molar-refractivity contribution in [2.24, 2.45) is 0 Å². The first-order valence-corrected chi connectivity index (χ1v) is 8.69. The van der Waals surface area contributed by atoms with Crippen molar-refractivity contribution in [3.05, 3.63) is 58.9 Å². The third-order valence-electron chi connectivity index (χ3n) is 4.94. The first-order valence-electron chi connectivity index (χ1n) is 8.69. The molecular weight excluding hydrogens is 318 g/mol. The van der Waals surface area contributed by atoms with Gasteiger partial charge in [-0.3, -0.25) is 4.90 Å². The van der Waals surface area contributed by atoms with Gasteiger partial charge in [0.25, 0.3) is 0 Å². The first-order chi connectivity index (χ1) is 12.3. The number of aryl methyl sites for hydroxylation is 1. The van der Waals surface area contributed by atoms with E-state index >= 15 is 0 Å². The van der Waals surface area contributed by atoms with Crippen molar-refractivity contribution in [3.8, 4) is 0 Å². The maximum Gasteiger partial charge on any atom is 0.240 e. The van der Waals surface area contributed by atoms with Crippen LogP contribution >= 0.6 is 0 Å². The molecule has 2 aliphatic rings. The van der Waals surface area contributed by atoms with Gasteiger partial charge in [0, 0.05) is 19.4 Å². The number of fused-ring (bicyclic) bond motifs is 1. The highest BCUT2D eigenvalue weighted by molar-refractivity contribution is 5.30. The molecule has 0 saturated heterocycles. The second kappa shape index (κ2) is 5.77. The van der Waals surface area contributed by atoms with Crippen LogP contribution in [0.1, 0.15) is 59.4 Å². The fourth-order valence-corrected chi connectivity index (χ4v) is 3.45. The summed E-state index contributed by atoms with van der Waals surface area (Å²) in [4.78, 5) is 6.85. The lowest BCUT2D eigenvalue weighted by molar-refractivity contribution is 0.121. The average Bonchev–Trinajstić information content (AvgIpc) is 3.22. The highest BCUT2D eigenvalue weighted by Gasteiger charge is 2.33. The van der Waals surface area contributed by atoms with Crippen molar-refractivity contribution in [1.82, 2.24) is 25.2 Å². The SMILES string of the molecule is Cc1nnc([C@H]2Cc3ccccc3CN2Cc2nc(C3CC3)no2)o1. The monoisotopic (exact) mass is 337 g/mol. The fraction of sp³-hybridized carbons (Fsp3) is 0.444. The van der Waals surface area contributed by atoms with Gasteiger partial charge in [-0.05, 0) is 30.4 Å². The Labute approximate surface area is 145 Å². The van der Waals surface area contributed by atoms with Crippen molar-refractivity contribution in [3.63, 3.8) is 0 Å². The maximum absolute atomic E-state index is 5.73. The van der Waals surface area contributed by atoms with Gasteiger partial charge in [-0.1, -0.05) is 29.4 Å². The largest absolute Gasteiger partial charge is 0.424 e. The molecule has 7 nitrogen and oxygen atoms in total. The van der Waals surface area contributed by atoms with Gasteiger partial charge in [0.15, 0.2) is 5.82 Å². The summed E-state index contributed by atoms with van der Waals surface area (Å²) in [6, 6.07) is 8.51. The van der Waals surface area contributed by atoms with Crippen LogP contribution < -0.4 is 0 Å². The molecule has 5 rings (SSSR count). The molecule has 1 fully saturated rings. The second-order valence-electron chi connectivity index (χ2n) is 6.87. The van der Waals surface area contributed by atoms with E-state index < -0.39 is 0 Å². The second-order valence-corrected chi connectivity index (χ2v) is 6.87. The third-order valence-corrected chi connectivity index (χ3v) is 4.94. The van der Waals surface area contributed by atoms with Gasteiger partial charge in [-0.15, -0.1) is 10.2 Å². The summed E-state index contributed by atoms with van der Waals surface area (Å²) in [5.74, 6) is 3.23. The topological polar surface area (TPSA) is 81.1 Å². The van der Waals surface area contributed by atoms with Crippen molar-refractivity contribution in [2.45, 2.75) is 51.2 Å². The van der Waals surface area contributed by atoms with Gasteiger partial charge >= 0.3 is 0 Å². The van der Waals surface area contributed by atoms with Gasteiger partial charge in [-0.2, -0.15) is 4.98 Å². The number of hydrogen-bond acceptors (Lipinski definition) is 7. The predicted octanol–water partition coefficient (Wildman–Crippen LogP) is 2.94. The van der Waals surface area contributed by atoms with Gasteiger partial charge < -0.3 is 8.94 Å². The van der Waals surface area contributed by atoms with Crippen LogP contribution in [0.3, 0.4) is 0 Å². The molecule has 0 spiro atoms. The Bertz CT molecular complexity index is 898. The highest BCUT2D eigenvalue weighted by atomic mass is 16.5. The van der Waals surface area contributed by atoms with E-state index in [2.05, 4.69) is 49.5 Å². The minimum absolute atomic E-state index is 0.0207. The molecule has 3 aromatic rings. The Balaban J connectivity index is 1.45. The first kappa shape index (κ1) is 14.8. The van der Waals surface area contributed by atoms with E-state index in [0.29, 0.717) is 30.1 Å². The van der Waals surface area contributed by atoms with E-state index in [4.69, 9.17) is 8.94 Å². The van der Waals surface area contributed by atoms with E-state index in [1.165, 1.54) is 24.0 Å². The molecule has 0 amide bonds. The van der Waals surface area contributed by atoms with Crippen LogP contribution in [0.4, 0.5) is 0 Å². The number of nitrogens with zero attached hydrogens (tertiary/aromatic N) is 5. The minimum Gasteiger partial charge on any atom is -0.424 e. The van der Waals surface area contributed by atoms with Crippen molar-refractivity contribution >= 4 is 0 Å². The zero-order chi connectivity index (χ0) is 16.8. The molecule has 1 aromatic carbocycles. The Morgan fingerprint density at radius 2 is 2.00 bits per heavy atom. The summed E-state index contributed by atoms with van der Waals surface area (Å²) in [6.45, 7) is 3.20. The van der Waals surface area contributed by atoms with Crippen LogP contribution in [0, 0.1) is 6.92 Å². The molecule has 3 heterocycles. The molecule has 1 saturated carbocycles. The quantitative estimate of drug-likeness (QED) is 0.724. The molecule has 1 atom stereocenters. The van der Waals surface area contributed by atoms with Crippen molar-refractivity contribution in [2.75, 3.05) is 0 Å². The van der Waals surface area contributed by atoms with E-state index in [1.54, 1.807) is 0 Å². The number of rotatable bonds is 4. The Morgan fingerprint density at radius 3 is 2.76 bits per heavy atom. The summed E-state index contributed by atoms with van der Waals surface area (Å²) in [5.41, 5.74) is 2.64. The van der Waals surface area contributed by atoms with Crippen LogP contribution in [0.2, 0.25) is 0 Å². The Morgan fingerprint density at radius 1 is 1.16 bits per heavy atom. The molecule has 0 radical (unpaired) electrons. The molecule has 2 aromatic heterocycles. The average molecular weight is 337 g/mol. The normalized spacial score (nSPS) is 20.6. The smallest absolute Gasteiger partial charge is 0.240 e. The Kier molecular flexibility index (Phi) is 3.41. The standard InChI is InChI=1S/C18H19N5O2/c1-11-20-21-18(24-11)15-8-13-4-2-3-5-14(13)9-23(15)10-16-19-17(22-25-16)12-6-7-12/h2-5,12,15H,6-10H2,1H3/t15-/m1/s1. The molecule has 7 heteroatoms. The summed E-state index contributed by atoms with van der Waals surface area (Å²) < 4.78 is 11.2. The van der Waals surface area contributed by atoms with Gasteiger partial charge in [0.2, 0.25) is 17.7 Å². The van der Waals surface area contributed by atoms with E-state index in [9.17, 15) is 0 Å². The number of hydrogen-bond donors (Lipinski definition) is 0. The predicted molar refractivity (Wildman–Crippen MR) is 87.4 cm³/mol. The van der Waals surface area contributed by atoms with E-state index in [0.717, 1.165) is 18.8 Å². The lowest BCUT2D eigenvalue weighted by Crippen LogP contribution is -2.34. The zero-order valence-corrected chi connectivity index (χ0v) is 14.1. The van der Waals surface area contributed by atoms with E-state index in [1.807, 2.05) is 6.92 Å². The summed E-state index contributed by atoms with van der Waals surface area (Å²) in [5, 5.41) is 12.4. The van der Waals surface area contributed by atoms with Crippen LogP contribution in [-0.2, 0) is 19.5 Å². The summed E-state index contributed by atoms with van der Waals surface area (Å²) in [6.07, 6.45) is 3.17. The van der Waals surface area contributed by atoms with Crippen LogP contribution in [0.15, 0.2) is 33.2 Å². The molecule has 0 N–H and O–H groups in total. The van der Waals surface area contributed by atoms with Gasteiger partial charge in [0.1, 0.15) is 0 Å². The molecular formula is C18H19N5O2. The molecule has 0 unspecified atom stereocenters. The molecule has 1 aliphatic heterocycles. The minimum atomic E-state index is 0.0207. The van der Waals surface area contributed by atoms with Gasteiger partial charge in [-0.25, -0.2) is 0 Å². The molecule has 1 aliphatic carbocycles. The molecule has 0 bridgehead atoms. The van der Waals surface area contributed by atoms with Crippen LogP contribution in [0.25, 0.3) is 0 Å². The maximum atomic E-state index is 5.73. The third kappa shape index (κ3) is 2.84. The van der Waals surface area contributed by atoms with E-state index in [-0.39, 0.29) is 6.04 Å². The molecule has 128 valence electrons. The molecule has 25 heavy (non-hydrogen) atoms. The fourth-order valence-electron chi connectivity index (χ4n) is 3.45. The highest BCUT2D eigenvalue weighted by Crippen LogP contribution is 2.38. The van der Waals surface area contributed by atoms with Crippen molar-refractivity contribution in [1.29, 1.82) is 0 Å². The van der Waals surface area contributed by atoms with Crippen LogP contribution in [-0.4, -0.2) is 25.2 Å². The lowest BCUT2D eigenvalue weighted by atomic mass is 9.94. The number of benzene rings is 1.